The van der Waals surface area contributed by atoms with Crippen molar-refractivity contribution in [1.82, 2.24) is 10.3 Å². The zero-order valence-electron chi connectivity index (χ0n) is 12.1. The highest BCUT2D eigenvalue weighted by Crippen LogP contribution is 2.18. The molecule has 0 spiro atoms. The Kier molecular flexibility index (Phi) is 5.30. The van der Waals surface area contributed by atoms with E-state index in [0.29, 0.717) is 5.75 Å². The van der Waals surface area contributed by atoms with E-state index in [-0.39, 0.29) is 12.6 Å². The molecule has 0 saturated carbocycles. The number of aryl methyl sites for hydroxylation is 1. The molecule has 3 N–H and O–H groups in total. The second-order valence-corrected chi connectivity index (χ2v) is 5.72. The normalized spacial score (nSPS) is 12.1. The van der Waals surface area contributed by atoms with Gasteiger partial charge in [0.2, 0.25) is 0 Å². The lowest BCUT2D eigenvalue weighted by Crippen LogP contribution is -2.20. The minimum atomic E-state index is -0.478. The van der Waals surface area contributed by atoms with Crippen LogP contribution in [0.25, 0.3) is 0 Å². The maximum Gasteiger partial charge on any atom is 0.255 e. The van der Waals surface area contributed by atoms with Crippen molar-refractivity contribution in [2.75, 3.05) is 6.61 Å². The molecular formula is C15H19N3O2S. The Labute approximate surface area is 128 Å². The number of primary amides is 1. The fraction of sp³-hybridized carbons (Fsp3) is 0.333. The van der Waals surface area contributed by atoms with Gasteiger partial charge in [-0.2, -0.15) is 0 Å². The van der Waals surface area contributed by atoms with Gasteiger partial charge in [-0.3, -0.25) is 4.79 Å². The van der Waals surface area contributed by atoms with E-state index in [1.807, 2.05) is 31.2 Å². The molecule has 0 bridgehead atoms. The summed E-state index contributed by atoms with van der Waals surface area (Å²) in [4.78, 5) is 15.1. The third-order valence-corrected chi connectivity index (χ3v) is 4.07. The van der Waals surface area contributed by atoms with Gasteiger partial charge in [0.25, 0.3) is 5.91 Å². The number of hydrogen-bond donors (Lipinski definition) is 2. The number of nitrogens with one attached hydrogen (secondary N) is 1. The van der Waals surface area contributed by atoms with Gasteiger partial charge in [0.05, 0.1) is 6.04 Å². The first-order valence-electron chi connectivity index (χ1n) is 6.70. The van der Waals surface area contributed by atoms with Crippen LogP contribution in [0, 0.1) is 6.92 Å². The number of rotatable bonds is 7. The largest absolute Gasteiger partial charge is 0.484 e. The standard InChI is InChI=1S/C15H19N3O2S/c1-10-9-21-15(18-10)11(2)17-7-12-3-5-13(6-4-12)20-8-14(16)19/h3-6,9,11,17H,7-8H2,1-2H3,(H2,16,19). The third-order valence-electron chi connectivity index (χ3n) is 2.92. The zero-order valence-corrected chi connectivity index (χ0v) is 12.9. The van der Waals surface area contributed by atoms with E-state index in [0.717, 1.165) is 22.8 Å². The minimum absolute atomic E-state index is 0.0992. The highest BCUT2D eigenvalue weighted by atomic mass is 32.1. The lowest BCUT2D eigenvalue weighted by molar-refractivity contribution is -0.119. The molecule has 5 nitrogen and oxygen atoms in total. The average Bonchev–Trinajstić information content (AvgIpc) is 2.90. The van der Waals surface area contributed by atoms with Gasteiger partial charge in [-0.05, 0) is 31.5 Å². The Morgan fingerprint density at radius 3 is 2.71 bits per heavy atom. The van der Waals surface area contributed by atoms with Crippen LogP contribution in [0.3, 0.4) is 0 Å². The molecule has 112 valence electrons. The first-order valence-corrected chi connectivity index (χ1v) is 7.58. The lowest BCUT2D eigenvalue weighted by atomic mass is 10.2. The molecule has 1 atom stereocenters. The molecule has 0 aliphatic carbocycles. The summed E-state index contributed by atoms with van der Waals surface area (Å²) >= 11 is 1.67. The van der Waals surface area contributed by atoms with Gasteiger partial charge in [-0.25, -0.2) is 4.98 Å². The van der Waals surface area contributed by atoms with E-state index in [2.05, 4.69) is 22.6 Å². The average molecular weight is 305 g/mol. The van der Waals surface area contributed by atoms with Crippen LogP contribution in [0.15, 0.2) is 29.6 Å². The summed E-state index contributed by atoms with van der Waals surface area (Å²) in [7, 11) is 0. The van der Waals surface area contributed by atoms with Crippen molar-refractivity contribution in [3.63, 3.8) is 0 Å². The van der Waals surface area contributed by atoms with Gasteiger partial charge < -0.3 is 15.8 Å². The molecular weight excluding hydrogens is 286 g/mol. The molecule has 2 rings (SSSR count). The van der Waals surface area contributed by atoms with Crippen LogP contribution in [-0.2, 0) is 11.3 Å². The van der Waals surface area contributed by atoms with E-state index in [1.165, 1.54) is 0 Å². The third kappa shape index (κ3) is 4.84. The Bertz CT molecular complexity index is 595. The number of carbonyl (C=O) groups excluding carboxylic acids is 1. The number of thiazole rings is 1. The molecule has 21 heavy (non-hydrogen) atoms. The van der Waals surface area contributed by atoms with Crippen molar-refractivity contribution in [3.05, 3.63) is 45.9 Å². The number of hydrogen-bond acceptors (Lipinski definition) is 5. The molecule has 2 aromatic rings. The first kappa shape index (κ1) is 15.5. The quantitative estimate of drug-likeness (QED) is 0.822. The van der Waals surface area contributed by atoms with E-state index in [9.17, 15) is 4.79 Å². The second kappa shape index (κ2) is 7.19. The number of aromatic nitrogens is 1. The monoisotopic (exact) mass is 305 g/mol. The molecule has 1 aromatic carbocycles. The van der Waals surface area contributed by atoms with Crippen molar-refractivity contribution in [3.8, 4) is 5.75 Å². The summed E-state index contributed by atoms with van der Waals surface area (Å²) < 4.78 is 5.22. The number of benzene rings is 1. The summed E-state index contributed by atoms with van der Waals surface area (Å²) in [5, 5.41) is 6.58. The Morgan fingerprint density at radius 1 is 1.43 bits per heavy atom. The Hall–Kier alpha value is -1.92. The van der Waals surface area contributed by atoms with Crippen LogP contribution in [0.2, 0.25) is 0 Å². The summed E-state index contributed by atoms with van der Waals surface area (Å²) in [5.41, 5.74) is 7.22. The van der Waals surface area contributed by atoms with Crippen LogP contribution >= 0.6 is 11.3 Å². The molecule has 6 heteroatoms. The van der Waals surface area contributed by atoms with Crippen molar-refractivity contribution in [1.29, 1.82) is 0 Å². The van der Waals surface area contributed by atoms with Crippen molar-refractivity contribution in [2.24, 2.45) is 5.73 Å². The van der Waals surface area contributed by atoms with Crippen molar-refractivity contribution < 1.29 is 9.53 Å². The predicted octanol–water partition coefficient (Wildman–Crippen LogP) is 2.17. The molecule has 1 aromatic heterocycles. The highest BCUT2D eigenvalue weighted by molar-refractivity contribution is 7.09. The Morgan fingerprint density at radius 2 is 2.14 bits per heavy atom. The highest BCUT2D eigenvalue weighted by Gasteiger charge is 2.08. The van der Waals surface area contributed by atoms with Gasteiger partial charge in [0.1, 0.15) is 10.8 Å². The van der Waals surface area contributed by atoms with E-state index in [1.54, 1.807) is 11.3 Å². The van der Waals surface area contributed by atoms with Crippen LogP contribution in [-0.4, -0.2) is 17.5 Å². The van der Waals surface area contributed by atoms with Gasteiger partial charge in [-0.1, -0.05) is 12.1 Å². The molecule has 0 saturated heterocycles. The van der Waals surface area contributed by atoms with Crippen LogP contribution in [0.1, 0.15) is 29.2 Å². The molecule has 1 heterocycles. The molecule has 0 aliphatic rings. The zero-order chi connectivity index (χ0) is 15.2. The van der Waals surface area contributed by atoms with E-state index >= 15 is 0 Å². The summed E-state index contributed by atoms with van der Waals surface area (Å²) in [6.07, 6.45) is 0. The van der Waals surface area contributed by atoms with Gasteiger partial charge in [0.15, 0.2) is 6.61 Å². The number of carbonyl (C=O) groups is 1. The smallest absolute Gasteiger partial charge is 0.255 e. The second-order valence-electron chi connectivity index (χ2n) is 4.83. The number of nitrogens with zero attached hydrogens (tertiary/aromatic N) is 1. The summed E-state index contributed by atoms with van der Waals surface area (Å²) in [6.45, 7) is 4.74. The Balaban J connectivity index is 1.84. The lowest BCUT2D eigenvalue weighted by Gasteiger charge is -2.11. The van der Waals surface area contributed by atoms with E-state index < -0.39 is 5.91 Å². The molecule has 0 radical (unpaired) electrons. The SMILES string of the molecule is Cc1csc(C(C)NCc2ccc(OCC(N)=O)cc2)n1. The fourth-order valence-electron chi connectivity index (χ4n) is 1.79. The maximum atomic E-state index is 10.6. The summed E-state index contributed by atoms with van der Waals surface area (Å²) in [5.74, 6) is 0.162. The predicted molar refractivity (Wildman–Crippen MR) is 83.2 cm³/mol. The van der Waals surface area contributed by atoms with Crippen LogP contribution in [0.4, 0.5) is 0 Å². The minimum Gasteiger partial charge on any atom is -0.484 e. The molecule has 0 fully saturated rings. The van der Waals surface area contributed by atoms with Crippen molar-refractivity contribution >= 4 is 17.2 Å². The van der Waals surface area contributed by atoms with Crippen LogP contribution in [0.5, 0.6) is 5.75 Å². The van der Waals surface area contributed by atoms with E-state index in [4.69, 9.17) is 10.5 Å². The van der Waals surface area contributed by atoms with Gasteiger partial charge in [0, 0.05) is 17.6 Å². The fourth-order valence-corrected chi connectivity index (χ4v) is 2.62. The number of amides is 1. The molecule has 1 amide bonds. The first-order chi connectivity index (χ1) is 10.0. The molecule has 1 unspecified atom stereocenters. The van der Waals surface area contributed by atoms with Crippen molar-refractivity contribution in [2.45, 2.75) is 26.4 Å². The maximum absolute atomic E-state index is 10.6. The number of ether oxygens (including phenoxy) is 1. The number of nitrogens with two attached hydrogens (primary N) is 1. The van der Waals surface area contributed by atoms with Gasteiger partial charge in [-0.15, -0.1) is 11.3 Å². The van der Waals surface area contributed by atoms with Gasteiger partial charge >= 0.3 is 0 Å². The summed E-state index contributed by atoms with van der Waals surface area (Å²) in [6, 6.07) is 7.80. The topological polar surface area (TPSA) is 77.2 Å². The van der Waals surface area contributed by atoms with Crippen LogP contribution < -0.4 is 15.8 Å². The molecule has 0 aliphatic heterocycles.